The molecular formula is C15H20Cl3N3O2. The van der Waals surface area contributed by atoms with Crippen LogP contribution in [0.1, 0.15) is 23.2 Å². The van der Waals surface area contributed by atoms with Crippen molar-refractivity contribution in [3.8, 4) is 0 Å². The number of nitrogens with one attached hydrogen (secondary N) is 2. The predicted octanol–water partition coefficient (Wildman–Crippen LogP) is 2.36. The average molecular weight is 381 g/mol. The van der Waals surface area contributed by atoms with Gasteiger partial charge in [-0.2, -0.15) is 0 Å². The van der Waals surface area contributed by atoms with E-state index in [9.17, 15) is 9.59 Å². The molecule has 1 aromatic carbocycles. The molecule has 1 aliphatic heterocycles. The summed E-state index contributed by atoms with van der Waals surface area (Å²) in [6.45, 7) is 1.79. The van der Waals surface area contributed by atoms with Gasteiger partial charge in [0.15, 0.2) is 0 Å². The zero-order valence-corrected chi connectivity index (χ0v) is 15.1. The summed E-state index contributed by atoms with van der Waals surface area (Å²) in [6, 6.07) is 4.29. The molecule has 5 nitrogen and oxygen atoms in total. The number of nitrogens with zero attached hydrogens (tertiary/aromatic N) is 1. The standard InChI is InChI=1S/C15H19Cl2N3O2.ClH/c1-18-4-5-19-14(21)13-3-2-6-20(13)15(22)10-7-11(16)9-12(17)8-10;/h7-9,13,18H,2-6H2,1H3,(H,19,21);1H. The summed E-state index contributed by atoms with van der Waals surface area (Å²) >= 11 is 11.9. The molecule has 0 bridgehead atoms. The third-order valence-corrected chi connectivity index (χ3v) is 4.04. The van der Waals surface area contributed by atoms with E-state index in [-0.39, 0.29) is 24.2 Å². The van der Waals surface area contributed by atoms with Crippen molar-refractivity contribution in [2.45, 2.75) is 18.9 Å². The van der Waals surface area contributed by atoms with Crippen LogP contribution in [0, 0.1) is 0 Å². The van der Waals surface area contributed by atoms with Crippen molar-refractivity contribution in [1.82, 2.24) is 15.5 Å². The Labute approximate surface area is 152 Å². The normalized spacial score (nSPS) is 16.8. The Morgan fingerprint density at radius 1 is 1.22 bits per heavy atom. The Morgan fingerprint density at radius 3 is 2.48 bits per heavy atom. The first-order chi connectivity index (χ1) is 10.5. The van der Waals surface area contributed by atoms with Gasteiger partial charge < -0.3 is 15.5 Å². The highest BCUT2D eigenvalue weighted by molar-refractivity contribution is 6.35. The second-order valence-electron chi connectivity index (χ2n) is 5.21. The summed E-state index contributed by atoms with van der Waals surface area (Å²) in [5, 5.41) is 6.61. The molecule has 0 saturated carbocycles. The zero-order valence-electron chi connectivity index (χ0n) is 12.8. The molecule has 1 saturated heterocycles. The number of carbonyl (C=O) groups is 2. The van der Waals surface area contributed by atoms with Crippen LogP contribution in [0.5, 0.6) is 0 Å². The van der Waals surface area contributed by atoms with Crippen LogP contribution in [0.25, 0.3) is 0 Å². The Balaban J connectivity index is 0.00000264. The SMILES string of the molecule is CNCCNC(=O)C1CCCN1C(=O)c1cc(Cl)cc(Cl)c1.Cl. The largest absolute Gasteiger partial charge is 0.353 e. The number of likely N-dealkylation sites (N-methyl/N-ethyl adjacent to an activating group) is 1. The quantitative estimate of drug-likeness (QED) is 0.771. The van der Waals surface area contributed by atoms with Gasteiger partial charge in [-0.3, -0.25) is 9.59 Å². The second kappa shape index (κ2) is 9.33. The molecule has 1 aliphatic rings. The third kappa shape index (κ3) is 5.24. The van der Waals surface area contributed by atoms with Crippen molar-refractivity contribution in [3.63, 3.8) is 0 Å². The summed E-state index contributed by atoms with van der Waals surface area (Å²) in [5.41, 5.74) is 0.410. The van der Waals surface area contributed by atoms with Crippen LogP contribution in [0.4, 0.5) is 0 Å². The molecule has 23 heavy (non-hydrogen) atoms. The maximum absolute atomic E-state index is 12.6. The predicted molar refractivity (Wildman–Crippen MR) is 94.7 cm³/mol. The number of halogens is 3. The highest BCUT2D eigenvalue weighted by Gasteiger charge is 2.34. The summed E-state index contributed by atoms with van der Waals surface area (Å²) in [6.07, 6.45) is 1.48. The molecule has 128 valence electrons. The van der Waals surface area contributed by atoms with E-state index < -0.39 is 6.04 Å². The maximum atomic E-state index is 12.6. The molecular weight excluding hydrogens is 361 g/mol. The van der Waals surface area contributed by atoms with E-state index in [4.69, 9.17) is 23.2 Å². The lowest BCUT2D eigenvalue weighted by atomic mass is 10.1. The van der Waals surface area contributed by atoms with E-state index in [1.165, 1.54) is 0 Å². The molecule has 1 unspecified atom stereocenters. The van der Waals surface area contributed by atoms with Gasteiger partial charge in [0.05, 0.1) is 0 Å². The van der Waals surface area contributed by atoms with E-state index in [1.54, 1.807) is 23.1 Å². The first kappa shape index (κ1) is 20.0. The number of benzene rings is 1. The number of hydrogen-bond donors (Lipinski definition) is 2. The molecule has 2 amide bonds. The molecule has 0 aliphatic carbocycles. The van der Waals surface area contributed by atoms with Crippen molar-refractivity contribution in [2.24, 2.45) is 0 Å². The van der Waals surface area contributed by atoms with E-state index >= 15 is 0 Å². The van der Waals surface area contributed by atoms with Crippen LogP contribution in [0.15, 0.2) is 18.2 Å². The first-order valence-corrected chi connectivity index (χ1v) is 7.98. The van der Waals surface area contributed by atoms with Gasteiger partial charge in [0.1, 0.15) is 6.04 Å². The molecule has 1 atom stereocenters. The molecule has 2 N–H and O–H groups in total. The summed E-state index contributed by atoms with van der Waals surface area (Å²) in [4.78, 5) is 26.4. The molecule has 8 heteroatoms. The van der Waals surface area contributed by atoms with Crippen LogP contribution < -0.4 is 10.6 Å². The minimum absolute atomic E-state index is 0. The Morgan fingerprint density at radius 2 is 1.87 bits per heavy atom. The Kier molecular flexibility index (Phi) is 8.12. The highest BCUT2D eigenvalue weighted by Crippen LogP contribution is 2.24. The van der Waals surface area contributed by atoms with Gasteiger partial charge in [-0.15, -0.1) is 12.4 Å². The molecule has 1 heterocycles. The van der Waals surface area contributed by atoms with E-state index in [0.717, 1.165) is 6.42 Å². The summed E-state index contributed by atoms with van der Waals surface area (Å²) < 4.78 is 0. The van der Waals surface area contributed by atoms with Crippen LogP contribution in [-0.4, -0.2) is 49.4 Å². The Bertz CT molecular complexity index is 549. The molecule has 0 radical (unpaired) electrons. The van der Waals surface area contributed by atoms with Crippen molar-refractivity contribution in [1.29, 1.82) is 0 Å². The lowest BCUT2D eigenvalue weighted by Gasteiger charge is -2.24. The fourth-order valence-electron chi connectivity index (χ4n) is 2.55. The van der Waals surface area contributed by atoms with Crippen molar-refractivity contribution >= 4 is 47.4 Å². The van der Waals surface area contributed by atoms with Crippen molar-refractivity contribution in [2.75, 3.05) is 26.7 Å². The molecule has 0 spiro atoms. The van der Waals surface area contributed by atoms with E-state index in [0.29, 0.717) is 41.7 Å². The minimum Gasteiger partial charge on any atom is -0.353 e. The lowest BCUT2D eigenvalue weighted by molar-refractivity contribution is -0.124. The van der Waals surface area contributed by atoms with Gasteiger partial charge in [0.25, 0.3) is 5.91 Å². The average Bonchev–Trinajstić information content (AvgIpc) is 2.95. The number of hydrogen-bond acceptors (Lipinski definition) is 3. The molecule has 2 rings (SSSR count). The smallest absolute Gasteiger partial charge is 0.254 e. The summed E-state index contributed by atoms with van der Waals surface area (Å²) in [5.74, 6) is -0.329. The van der Waals surface area contributed by atoms with E-state index in [2.05, 4.69) is 10.6 Å². The van der Waals surface area contributed by atoms with Gasteiger partial charge in [-0.25, -0.2) is 0 Å². The number of rotatable bonds is 5. The number of likely N-dealkylation sites (tertiary alicyclic amines) is 1. The van der Waals surface area contributed by atoms with Crippen molar-refractivity contribution < 1.29 is 9.59 Å². The second-order valence-corrected chi connectivity index (χ2v) is 6.08. The lowest BCUT2D eigenvalue weighted by Crippen LogP contribution is -2.47. The van der Waals surface area contributed by atoms with Gasteiger partial charge in [-0.05, 0) is 38.1 Å². The first-order valence-electron chi connectivity index (χ1n) is 7.22. The van der Waals surface area contributed by atoms with Crippen LogP contribution in [0.3, 0.4) is 0 Å². The van der Waals surface area contributed by atoms with Gasteiger partial charge in [-0.1, -0.05) is 23.2 Å². The molecule has 1 fully saturated rings. The van der Waals surface area contributed by atoms with Crippen LogP contribution in [-0.2, 0) is 4.79 Å². The minimum atomic E-state index is -0.429. The van der Waals surface area contributed by atoms with Gasteiger partial charge in [0, 0.05) is 35.2 Å². The number of amides is 2. The zero-order chi connectivity index (χ0) is 16.1. The van der Waals surface area contributed by atoms with Crippen LogP contribution >= 0.6 is 35.6 Å². The topological polar surface area (TPSA) is 61.4 Å². The van der Waals surface area contributed by atoms with Gasteiger partial charge >= 0.3 is 0 Å². The summed E-state index contributed by atoms with van der Waals surface area (Å²) in [7, 11) is 1.82. The van der Waals surface area contributed by atoms with Crippen molar-refractivity contribution in [3.05, 3.63) is 33.8 Å². The van der Waals surface area contributed by atoms with Gasteiger partial charge in [0.2, 0.25) is 5.91 Å². The third-order valence-electron chi connectivity index (χ3n) is 3.60. The highest BCUT2D eigenvalue weighted by atomic mass is 35.5. The molecule has 0 aromatic heterocycles. The fraction of sp³-hybridized carbons (Fsp3) is 0.467. The van der Waals surface area contributed by atoms with Crippen LogP contribution in [0.2, 0.25) is 10.0 Å². The fourth-order valence-corrected chi connectivity index (χ4v) is 3.08. The van der Waals surface area contributed by atoms with E-state index in [1.807, 2.05) is 7.05 Å². The maximum Gasteiger partial charge on any atom is 0.254 e. The monoisotopic (exact) mass is 379 g/mol. The molecule has 1 aromatic rings. The number of carbonyl (C=O) groups excluding carboxylic acids is 2. The Hall–Kier alpha value is -1.01.